The van der Waals surface area contributed by atoms with E-state index in [-0.39, 0.29) is 34.0 Å². The van der Waals surface area contributed by atoms with Gasteiger partial charge in [0.1, 0.15) is 13.1 Å². The van der Waals surface area contributed by atoms with Crippen molar-refractivity contribution in [3.05, 3.63) is 49.1 Å². The number of hydrogen-bond acceptors (Lipinski definition) is 0. The molecule has 0 radical (unpaired) electrons. The highest BCUT2D eigenvalue weighted by molar-refractivity contribution is 5.59. The molecule has 0 saturated carbocycles. The number of rotatable bonds is 31. The molecule has 46 heavy (non-hydrogen) atoms. The van der Waals surface area contributed by atoms with Gasteiger partial charge in [-0.15, -0.1) is 0 Å². The molecule has 0 amide bonds. The Morgan fingerprint density at radius 2 is 0.587 bits per heavy atom. The van der Waals surface area contributed by atoms with E-state index in [1.807, 2.05) is 0 Å². The van der Waals surface area contributed by atoms with Crippen molar-refractivity contribution in [3.8, 4) is 11.1 Å². The maximum atomic E-state index is 2.40. The third-order valence-electron chi connectivity index (χ3n) is 9.59. The van der Waals surface area contributed by atoms with E-state index in [2.05, 4.69) is 72.0 Å². The van der Waals surface area contributed by atoms with E-state index in [0.29, 0.717) is 0 Å². The van der Waals surface area contributed by atoms with E-state index < -0.39 is 0 Å². The molecule has 2 heterocycles. The lowest BCUT2D eigenvalue weighted by atomic mass is 10.0. The first-order chi connectivity index (χ1) is 21.8. The van der Waals surface area contributed by atoms with Gasteiger partial charge in [0.2, 0.25) is 0 Å². The van der Waals surface area contributed by atoms with E-state index in [0.717, 1.165) is 13.1 Å². The molecule has 2 aromatic heterocycles. The standard InChI is InChI=1S/C42H74N2.2BrH/c1-3-5-7-9-11-13-15-17-19-21-23-25-27-29-35-43-37-31-33-41(39-43)42-34-32-38-44(40-42)36-30-28-26-24-22-20-18-16-14-12-10-8-6-4-2;;/h31-34,37-40H,3-30,35-36H2,1-2H3;2*1H/q+2;;/p-2. The lowest BCUT2D eigenvalue weighted by molar-refractivity contribution is -0.698. The number of nitrogens with zero attached hydrogens (tertiary/aromatic N) is 2. The smallest absolute Gasteiger partial charge is 0.176 e. The van der Waals surface area contributed by atoms with E-state index in [4.69, 9.17) is 0 Å². The molecule has 0 aliphatic rings. The highest BCUT2D eigenvalue weighted by atomic mass is 79.9. The maximum absolute atomic E-state index is 2.40. The van der Waals surface area contributed by atoms with Crippen LogP contribution < -0.4 is 43.1 Å². The van der Waals surface area contributed by atoms with Gasteiger partial charge in [0.15, 0.2) is 24.8 Å². The Labute approximate surface area is 308 Å². The topological polar surface area (TPSA) is 7.76 Å². The zero-order chi connectivity index (χ0) is 31.2. The van der Waals surface area contributed by atoms with Gasteiger partial charge in [0.05, 0.1) is 11.1 Å². The summed E-state index contributed by atoms with van der Waals surface area (Å²) in [5.74, 6) is 0. The summed E-state index contributed by atoms with van der Waals surface area (Å²) in [5, 5.41) is 0. The molecule has 0 fully saturated rings. The number of pyridine rings is 2. The minimum atomic E-state index is 0. The lowest BCUT2D eigenvalue weighted by Gasteiger charge is -2.04. The Kier molecular flexibility index (Phi) is 33.6. The molecule has 266 valence electrons. The minimum Gasteiger partial charge on any atom is -1.00 e. The fourth-order valence-electron chi connectivity index (χ4n) is 6.64. The summed E-state index contributed by atoms with van der Waals surface area (Å²) >= 11 is 0. The van der Waals surface area contributed by atoms with Gasteiger partial charge >= 0.3 is 0 Å². The highest BCUT2D eigenvalue weighted by Gasteiger charge is 2.09. The van der Waals surface area contributed by atoms with Gasteiger partial charge in [-0.25, -0.2) is 9.13 Å². The number of unbranched alkanes of at least 4 members (excludes halogenated alkanes) is 26. The van der Waals surface area contributed by atoms with E-state index >= 15 is 0 Å². The quantitative estimate of drug-likeness (QED) is 0.0584. The van der Waals surface area contributed by atoms with Crippen LogP contribution in [-0.4, -0.2) is 0 Å². The van der Waals surface area contributed by atoms with Gasteiger partial charge in [-0.3, -0.25) is 0 Å². The largest absolute Gasteiger partial charge is 1.00 e. The molecule has 0 aliphatic heterocycles. The van der Waals surface area contributed by atoms with Crippen molar-refractivity contribution in [1.29, 1.82) is 0 Å². The van der Waals surface area contributed by atoms with E-state index in [1.54, 1.807) is 0 Å². The first kappa shape index (κ1) is 45.3. The second-order valence-electron chi connectivity index (χ2n) is 13.9. The van der Waals surface area contributed by atoms with Crippen molar-refractivity contribution in [3.63, 3.8) is 0 Å². The molecule has 0 aliphatic carbocycles. The molecule has 0 bridgehead atoms. The van der Waals surface area contributed by atoms with E-state index in [1.165, 1.54) is 191 Å². The number of halogens is 2. The average molecular weight is 767 g/mol. The molecule has 2 rings (SSSR count). The zero-order valence-corrected chi connectivity index (χ0v) is 33.7. The monoisotopic (exact) mass is 764 g/mol. The first-order valence-corrected chi connectivity index (χ1v) is 19.8. The Morgan fingerprint density at radius 3 is 0.848 bits per heavy atom. The van der Waals surface area contributed by atoms with Gasteiger partial charge in [-0.2, -0.15) is 0 Å². The van der Waals surface area contributed by atoms with Crippen molar-refractivity contribution in [2.75, 3.05) is 0 Å². The van der Waals surface area contributed by atoms with Gasteiger partial charge in [0.25, 0.3) is 0 Å². The van der Waals surface area contributed by atoms with Crippen molar-refractivity contribution >= 4 is 0 Å². The molecule has 0 unspecified atom stereocenters. The molecule has 4 heteroatoms. The van der Waals surface area contributed by atoms with Crippen LogP contribution in [0.4, 0.5) is 0 Å². The summed E-state index contributed by atoms with van der Waals surface area (Å²) in [6.07, 6.45) is 49.0. The Morgan fingerprint density at radius 1 is 0.348 bits per heavy atom. The lowest BCUT2D eigenvalue weighted by Crippen LogP contribution is -3.00. The summed E-state index contributed by atoms with van der Waals surface area (Å²) in [6.45, 7) is 6.88. The van der Waals surface area contributed by atoms with E-state index in [9.17, 15) is 0 Å². The fourth-order valence-corrected chi connectivity index (χ4v) is 6.64. The van der Waals surface area contributed by atoms with Crippen LogP contribution in [-0.2, 0) is 13.1 Å². The molecule has 0 aromatic carbocycles. The summed E-state index contributed by atoms with van der Waals surface area (Å²) < 4.78 is 4.81. The van der Waals surface area contributed by atoms with Crippen LogP contribution in [0.1, 0.15) is 194 Å². The second-order valence-corrected chi connectivity index (χ2v) is 13.9. The van der Waals surface area contributed by atoms with Crippen LogP contribution in [0.2, 0.25) is 0 Å². The normalized spacial score (nSPS) is 10.9. The van der Waals surface area contributed by atoms with Crippen LogP contribution in [0, 0.1) is 0 Å². The van der Waals surface area contributed by atoms with Crippen LogP contribution in [0.5, 0.6) is 0 Å². The Hall–Kier alpha value is -0.740. The molecule has 2 nitrogen and oxygen atoms in total. The van der Waals surface area contributed by atoms with Crippen LogP contribution >= 0.6 is 0 Å². The second kappa shape index (κ2) is 34.1. The summed E-state index contributed by atoms with van der Waals surface area (Å²) in [5.41, 5.74) is 2.68. The number of hydrogen-bond donors (Lipinski definition) is 0. The van der Waals surface area contributed by atoms with Crippen molar-refractivity contribution < 1.29 is 43.1 Å². The summed E-state index contributed by atoms with van der Waals surface area (Å²) in [4.78, 5) is 0. The van der Waals surface area contributed by atoms with Gasteiger partial charge in [-0.05, 0) is 25.0 Å². The number of aryl methyl sites for hydroxylation is 2. The fraction of sp³-hybridized carbons (Fsp3) is 0.762. The predicted molar refractivity (Wildman–Crippen MR) is 193 cm³/mol. The third kappa shape index (κ3) is 25.3. The average Bonchev–Trinajstić information content (AvgIpc) is 3.05. The predicted octanol–water partition coefficient (Wildman–Crippen LogP) is 6.90. The summed E-state index contributed by atoms with van der Waals surface area (Å²) in [7, 11) is 0. The van der Waals surface area contributed by atoms with Crippen LogP contribution in [0.25, 0.3) is 11.1 Å². The Bertz CT molecular complexity index is 829. The van der Waals surface area contributed by atoms with Crippen molar-refractivity contribution in [1.82, 2.24) is 0 Å². The van der Waals surface area contributed by atoms with Gasteiger partial charge in [-0.1, -0.05) is 168 Å². The van der Waals surface area contributed by atoms with Crippen molar-refractivity contribution in [2.24, 2.45) is 0 Å². The molecule has 2 aromatic rings. The van der Waals surface area contributed by atoms with Gasteiger partial charge in [0, 0.05) is 25.0 Å². The van der Waals surface area contributed by atoms with Gasteiger partial charge < -0.3 is 34.0 Å². The van der Waals surface area contributed by atoms with Crippen molar-refractivity contribution in [2.45, 2.75) is 207 Å². The first-order valence-electron chi connectivity index (χ1n) is 19.8. The SMILES string of the molecule is CCCCCCCCCCCCCCCC[n+]1cccc(-c2ccc[n+](CCCCCCCCCCCCCCCC)c2)c1.[Br-].[Br-]. The molecule has 0 atom stereocenters. The van der Waals surface area contributed by atoms with Crippen LogP contribution in [0.3, 0.4) is 0 Å². The molecule has 0 spiro atoms. The number of aromatic nitrogens is 2. The molecule has 0 N–H and O–H groups in total. The minimum absolute atomic E-state index is 0. The Balaban J connectivity index is 0.0000101. The molecule has 0 saturated heterocycles. The maximum Gasteiger partial charge on any atom is 0.176 e. The molecular weight excluding hydrogens is 692 g/mol. The summed E-state index contributed by atoms with van der Waals surface area (Å²) in [6, 6.07) is 9.00. The van der Waals surface area contributed by atoms with Crippen LogP contribution in [0.15, 0.2) is 49.1 Å². The zero-order valence-electron chi connectivity index (χ0n) is 30.5. The third-order valence-corrected chi connectivity index (χ3v) is 9.59. The highest BCUT2D eigenvalue weighted by Crippen LogP contribution is 2.17. The molecular formula is C42H74Br2N2.